The Balaban J connectivity index is 0.00000106. The van der Waals surface area contributed by atoms with Gasteiger partial charge in [-0.25, -0.2) is 0 Å². The summed E-state index contributed by atoms with van der Waals surface area (Å²) in [6.45, 7) is 16.4. The number of carbonyl (C=O) groups is 1. The van der Waals surface area contributed by atoms with Gasteiger partial charge in [0, 0.05) is 32.2 Å². The Morgan fingerprint density at radius 1 is 1.10 bits per heavy atom. The van der Waals surface area contributed by atoms with Gasteiger partial charge >= 0.3 is 0 Å². The van der Waals surface area contributed by atoms with Crippen LogP contribution in [0.5, 0.6) is 0 Å². The molecule has 1 aliphatic heterocycles. The molecule has 0 radical (unpaired) electrons. The maximum atomic E-state index is 12.4. The van der Waals surface area contributed by atoms with Crippen LogP contribution in [0.2, 0.25) is 0 Å². The summed E-state index contributed by atoms with van der Waals surface area (Å²) in [5.74, 6) is 0.705. The van der Waals surface area contributed by atoms with E-state index in [1.807, 2.05) is 18.7 Å². The van der Waals surface area contributed by atoms with Gasteiger partial charge in [-0.15, -0.1) is 11.3 Å². The summed E-state index contributed by atoms with van der Waals surface area (Å²) in [4.78, 5) is 17.7. The minimum atomic E-state index is 0.209. The minimum absolute atomic E-state index is 0.209. The van der Waals surface area contributed by atoms with Gasteiger partial charge in [0.15, 0.2) is 0 Å². The molecule has 0 aromatic carbocycles. The van der Waals surface area contributed by atoms with E-state index in [1.54, 1.807) is 11.3 Å². The second-order valence-corrected chi connectivity index (χ2v) is 6.73. The molecule has 1 aromatic heterocycles. The highest BCUT2D eigenvalue weighted by molar-refractivity contribution is 7.12. The predicted octanol–water partition coefficient (Wildman–Crippen LogP) is 4.06. The van der Waals surface area contributed by atoms with Crippen LogP contribution < -0.4 is 0 Å². The summed E-state index contributed by atoms with van der Waals surface area (Å²) >= 11 is 1.58. The van der Waals surface area contributed by atoms with E-state index in [0.29, 0.717) is 12.0 Å². The topological polar surface area (TPSA) is 23.6 Å². The Morgan fingerprint density at radius 3 is 2.10 bits per heavy atom. The van der Waals surface area contributed by atoms with Crippen molar-refractivity contribution in [1.29, 1.82) is 0 Å². The summed E-state index contributed by atoms with van der Waals surface area (Å²) in [7, 11) is 0. The van der Waals surface area contributed by atoms with Gasteiger partial charge in [-0.2, -0.15) is 0 Å². The van der Waals surface area contributed by atoms with Crippen LogP contribution in [0.1, 0.15) is 62.7 Å². The average molecular weight is 311 g/mol. The number of hydrogen-bond donors (Lipinski definition) is 0. The monoisotopic (exact) mass is 310 g/mol. The molecule has 1 saturated heterocycles. The van der Waals surface area contributed by atoms with Crippen molar-refractivity contribution in [2.75, 3.05) is 26.2 Å². The molecule has 0 saturated carbocycles. The van der Waals surface area contributed by atoms with Crippen molar-refractivity contribution in [2.24, 2.45) is 0 Å². The van der Waals surface area contributed by atoms with E-state index in [1.165, 1.54) is 5.56 Å². The Bertz CT molecular complexity index is 432. The number of thiophene rings is 1. The molecule has 120 valence electrons. The lowest BCUT2D eigenvalue weighted by Crippen LogP contribution is -2.50. The van der Waals surface area contributed by atoms with E-state index in [-0.39, 0.29) is 5.91 Å². The number of nitrogens with zero attached hydrogens (tertiary/aromatic N) is 2. The van der Waals surface area contributed by atoms with E-state index in [0.717, 1.165) is 31.1 Å². The van der Waals surface area contributed by atoms with Crippen molar-refractivity contribution in [2.45, 2.75) is 53.5 Å². The lowest BCUT2D eigenvalue weighted by molar-refractivity contribution is 0.0600. The number of rotatable bonds is 3. The number of hydrogen-bond acceptors (Lipinski definition) is 3. The second-order valence-electron chi connectivity index (χ2n) is 5.82. The van der Waals surface area contributed by atoms with Gasteiger partial charge in [0.05, 0.1) is 4.88 Å². The molecule has 2 heterocycles. The van der Waals surface area contributed by atoms with Crippen LogP contribution in [0.4, 0.5) is 0 Å². The first-order chi connectivity index (χ1) is 9.99. The van der Waals surface area contributed by atoms with E-state index in [2.05, 4.69) is 44.0 Å². The molecule has 0 spiro atoms. The Kier molecular flexibility index (Phi) is 7.40. The molecule has 0 aliphatic carbocycles. The Hall–Kier alpha value is -0.870. The van der Waals surface area contributed by atoms with Crippen molar-refractivity contribution in [3.63, 3.8) is 0 Å². The number of piperazine rings is 1. The average Bonchev–Trinajstić information content (AvgIpc) is 2.99. The normalized spacial score (nSPS) is 16.1. The third-order valence-electron chi connectivity index (χ3n) is 3.83. The highest BCUT2D eigenvalue weighted by Gasteiger charge is 2.24. The van der Waals surface area contributed by atoms with Crippen molar-refractivity contribution in [3.05, 3.63) is 21.9 Å². The fourth-order valence-corrected chi connectivity index (χ4v) is 3.40. The zero-order valence-corrected chi connectivity index (χ0v) is 15.2. The van der Waals surface area contributed by atoms with Crippen LogP contribution in [-0.4, -0.2) is 47.9 Å². The first-order valence-corrected chi connectivity index (χ1v) is 8.98. The highest BCUT2D eigenvalue weighted by Crippen LogP contribution is 2.23. The van der Waals surface area contributed by atoms with Crippen LogP contribution >= 0.6 is 11.3 Å². The molecular formula is C17H30N2OS. The lowest BCUT2D eigenvalue weighted by Gasteiger charge is -2.36. The van der Waals surface area contributed by atoms with Gasteiger partial charge in [0.1, 0.15) is 0 Å². The fourth-order valence-electron chi connectivity index (χ4n) is 2.36. The van der Waals surface area contributed by atoms with E-state index in [4.69, 9.17) is 0 Å². The van der Waals surface area contributed by atoms with Crippen LogP contribution in [0, 0.1) is 0 Å². The summed E-state index contributed by atoms with van der Waals surface area (Å²) in [6, 6.07) is 2.64. The standard InChI is InChI=1S/C15H24N2OS.C2H6/c1-11(2)13-9-14(19-10-13)15(18)17-7-5-16(6-8-17)12(3)4;1-2/h9-12H,5-8H2,1-4H3;1-2H3. The van der Waals surface area contributed by atoms with E-state index in [9.17, 15) is 4.79 Å². The van der Waals surface area contributed by atoms with Crippen molar-refractivity contribution in [1.82, 2.24) is 9.80 Å². The first-order valence-electron chi connectivity index (χ1n) is 8.10. The van der Waals surface area contributed by atoms with Gasteiger partial charge in [0.2, 0.25) is 0 Å². The Labute approximate surface area is 133 Å². The van der Waals surface area contributed by atoms with Crippen LogP contribution in [0.3, 0.4) is 0 Å². The Morgan fingerprint density at radius 2 is 1.67 bits per heavy atom. The maximum absolute atomic E-state index is 12.4. The number of carbonyl (C=O) groups excluding carboxylic acids is 1. The van der Waals surface area contributed by atoms with Crippen molar-refractivity contribution < 1.29 is 4.79 Å². The van der Waals surface area contributed by atoms with Crippen LogP contribution in [-0.2, 0) is 0 Å². The molecule has 1 amide bonds. The third kappa shape index (κ3) is 4.82. The molecule has 0 unspecified atom stereocenters. The van der Waals surface area contributed by atoms with Crippen LogP contribution in [0.15, 0.2) is 11.4 Å². The molecule has 0 N–H and O–H groups in total. The van der Waals surface area contributed by atoms with Gasteiger partial charge in [-0.05, 0) is 36.8 Å². The van der Waals surface area contributed by atoms with Gasteiger partial charge in [-0.1, -0.05) is 27.7 Å². The van der Waals surface area contributed by atoms with Gasteiger partial charge < -0.3 is 4.90 Å². The fraction of sp³-hybridized carbons (Fsp3) is 0.706. The van der Waals surface area contributed by atoms with Gasteiger partial charge in [-0.3, -0.25) is 9.69 Å². The molecule has 3 nitrogen and oxygen atoms in total. The summed E-state index contributed by atoms with van der Waals surface area (Å²) in [5.41, 5.74) is 1.27. The smallest absolute Gasteiger partial charge is 0.264 e. The molecule has 0 bridgehead atoms. The highest BCUT2D eigenvalue weighted by atomic mass is 32.1. The van der Waals surface area contributed by atoms with Gasteiger partial charge in [0.25, 0.3) is 5.91 Å². The maximum Gasteiger partial charge on any atom is 0.264 e. The predicted molar refractivity (Wildman–Crippen MR) is 92.4 cm³/mol. The third-order valence-corrected chi connectivity index (χ3v) is 4.77. The van der Waals surface area contributed by atoms with Crippen LogP contribution in [0.25, 0.3) is 0 Å². The molecule has 1 aromatic rings. The summed E-state index contributed by atoms with van der Waals surface area (Å²) in [5, 5.41) is 2.11. The molecule has 1 fully saturated rings. The molecule has 0 atom stereocenters. The second kappa shape index (κ2) is 8.54. The zero-order chi connectivity index (χ0) is 16.0. The quantitative estimate of drug-likeness (QED) is 0.840. The molecule has 1 aliphatic rings. The molecule has 4 heteroatoms. The lowest BCUT2D eigenvalue weighted by atomic mass is 10.1. The summed E-state index contributed by atoms with van der Waals surface area (Å²) in [6.07, 6.45) is 0. The molecule has 21 heavy (non-hydrogen) atoms. The van der Waals surface area contributed by atoms with Crippen molar-refractivity contribution >= 4 is 17.2 Å². The minimum Gasteiger partial charge on any atom is -0.335 e. The molecular weight excluding hydrogens is 280 g/mol. The van der Waals surface area contributed by atoms with E-state index < -0.39 is 0 Å². The zero-order valence-electron chi connectivity index (χ0n) is 14.3. The van der Waals surface area contributed by atoms with E-state index >= 15 is 0 Å². The largest absolute Gasteiger partial charge is 0.335 e. The summed E-state index contributed by atoms with van der Waals surface area (Å²) < 4.78 is 0. The number of amides is 1. The first kappa shape index (κ1) is 18.2. The molecule has 2 rings (SSSR count). The SMILES string of the molecule is CC.CC(C)c1csc(C(=O)N2CCN(C(C)C)CC2)c1. The van der Waals surface area contributed by atoms with Crippen molar-refractivity contribution in [3.8, 4) is 0 Å².